The maximum Gasteiger partial charge on any atom is 0.137 e. The van der Waals surface area contributed by atoms with Crippen LogP contribution in [-0.2, 0) is 6.54 Å². The van der Waals surface area contributed by atoms with Gasteiger partial charge in [0.05, 0.1) is 10.7 Å². The first-order chi connectivity index (χ1) is 10.1. The van der Waals surface area contributed by atoms with Gasteiger partial charge in [0.25, 0.3) is 0 Å². The molecule has 0 aliphatic carbocycles. The fourth-order valence-electron chi connectivity index (χ4n) is 2.97. The summed E-state index contributed by atoms with van der Waals surface area (Å²) in [5.74, 6) is 0.750. The molecule has 0 amide bonds. The molecular weight excluding hydrogens is 284 g/mol. The number of halogens is 1. The number of hydrogen-bond acceptors (Lipinski definition) is 3. The van der Waals surface area contributed by atoms with Crippen LogP contribution in [0.5, 0.6) is 0 Å². The van der Waals surface area contributed by atoms with E-state index >= 15 is 0 Å². The van der Waals surface area contributed by atoms with Gasteiger partial charge in [-0.1, -0.05) is 25.4 Å². The molecule has 0 spiro atoms. The highest BCUT2D eigenvalue weighted by Gasteiger charge is 2.18. The second-order valence-corrected chi connectivity index (χ2v) is 6.75. The lowest BCUT2D eigenvalue weighted by molar-refractivity contribution is 0.116. The van der Waals surface area contributed by atoms with Gasteiger partial charge in [0, 0.05) is 51.7 Å². The van der Waals surface area contributed by atoms with Crippen molar-refractivity contribution in [2.75, 3.05) is 32.7 Å². The highest BCUT2D eigenvalue weighted by atomic mass is 35.5. The number of pyridine rings is 1. The molecule has 0 radical (unpaired) electrons. The Labute approximate surface area is 131 Å². The van der Waals surface area contributed by atoms with Gasteiger partial charge in [-0.15, -0.1) is 0 Å². The van der Waals surface area contributed by atoms with Crippen LogP contribution in [0.15, 0.2) is 24.5 Å². The highest BCUT2D eigenvalue weighted by molar-refractivity contribution is 6.30. The second kappa shape index (κ2) is 6.34. The average Bonchev–Trinajstić information content (AvgIpc) is 2.82. The largest absolute Gasteiger partial charge is 0.305 e. The predicted octanol–water partition coefficient (Wildman–Crippen LogP) is 2.76. The molecule has 2 aromatic heterocycles. The smallest absolute Gasteiger partial charge is 0.137 e. The van der Waals surface area contributed by atoms with Crippen LogP contribution in [0.4, 0.5) is 0 Å². The molecule has 2 aromatic rings. The first kappa shape index (κ1) is 14.8. The molecule has 1 aliphatic heterocycles. The van der Waals surface area contributed by atoms with Crippen LogP contribution in [0.1, 0.15) is 19.5 Å². The van der Waals surface area contributed by atoms with Crippen LogP contribution in [0.2, 0.25) is 5.02 Å². The monoisotopic (exact) mass is 306 g/mol. The molecule has 21 heavy (non-hydrogen) atoms. The van der Waals surface area contributed by atoms with Crippen molar-refractivity contribution in [3.63, 3.8) is 0 Å². The molecule has 1 saturated heterocycles. The minimum Gasteiger partial charge on any atom is -0.305 e. The highest BCUT2D eigenvalue weighted by Crippen LogP contribution is 2.14. The van der Waals surface area contributed by atoms with E-state index in [2.05, 4.69) is 34.8 Å². The van der Waals surface area contributed by atoms with Gasteiger partial charge in [-0.3, -0.25) is 4.90 Å². The lowest BCUT2D eigenvalue weighted by Gasteiger charge is -2.35. The summed E-state index contributed by atoms with van der Waals surface area (Å²) in [7, 11) is 0. The van der Waals surface area contributed by atoms with Crippen molar-refractivity contribution in [1.82, 2.24) is 19.2 Å². The quantitative estimate of drug-likeness (QED) is 0.868. The number of fused-ring (bicyclic) bond motifs is 1. The maximum atomic E-state index is 6.01. The van der Waals surface area contributed by atoms with E-state index in [1.807, 2.05) is 22.7 Å². The molecule has 0 atom stereocenters. The van der Waals surface area contributed by atoms with Crippen LogP contribution in [-0.4, -0.2) is 51.9 Å². The fourth-order valence-corrected chi connectivity index (χ4v) is 3.14. The zero-order valence-electron chi connectivity index (χ0n) is 12.8. The zero-order chi connectivity index (χ0) is 14.8. The van der Waals surface area contributed by atoms with Gasteiger partial charge in [0.15, 0.2) is 0 Å². The molecule has 0 bridgehead atoms. The Morgan fingerprint density at radius 1 is 1.10 bits per heavy atom. The van der Waals surface area contributed by atoms with Crippen molar-refractivity contribution in [2.24, 2.45) is 5.92 Å². The Kier molecular flexibility index (Phi) is 4.48. The van der Waals surface area contributed by atoms with Gasteiger partial charge >= 0.3 is 0 Å². The molecule has 5 heteroatoms. The fraction of sp³-hybridized carbons (Fsp3) is 0.562. The lowest BCUT2D eigenvalue weighted by Crippen LogP contribution is -2.46. The standard InChI is InChI=1S/C16H23ClN4/c1-13(2)9-19-5-7-20(8-6-19)11-15-12-21-10-14(17)3-4-16(21)18-15/h3-4,10,12-13H,5-9,11H2,1-2H3. The van der Waals surface area contributed by atoms with E-state index < -0.39 is 0 Å². The van der Waals surface area contributed by atoms with E-state index in [-0.39, 0.29) is 0 Å². The van der Waals surface area contributed by atoms with Gasteiger partial charge in [0.1, 0.15) is 5.65 Å². The Bertz CT molecular complexity index is 599. The molecule has 3 rings (SSSR count). The Hall–Kier alpha value is -1.10. The first-order valence-corrected chi connectivity index (χ1v) is 8.06. The van der Waals surface area contributed by atoms with Crippen LogP contribution < -0.4 is 0 Å². The average molecular weight is 307 g/mol. The molecule has 0 N–H and O–H groups in total. The molecule has 4 nitrogen and oxygen atoms in total. The summed E-state index contributed by atoms with van der Waals surface area (Å²) in [6.07, 6.45) is 4.00. The number of aromatic nitrogens is 2. The summed E-state index contributed by atoms with van der Waals surface area (Å²) in [6, 6.07) is 3.85. The van der Waals surface area contributed by atoms with Crippen LogP contribution in [0.25, 0.3) is 5.65 Å². The number of piperazine rings is 1. The lowest BCUT2D eigenvalue weighted by atomic mass is 10.2. The minimum absolute atomic E-state index is 0.744. The van der Waals surface area contributed by atoms with Crippen molar-refractivity contribution in [2.45, 2.75) is 20.4 Å². The maximum absolute atomic E-state index is 6.01. The molecule has 0 aromatic carbocycles. The summed E-state index contributed by atoms with van der Waals surface area (Å²) in [5, 5.41) is 0.744. The van der Waals surface area contributed by atoms with E-state index in [9.17, 15) is 0 Å². The first-order valence-electron chi connectivity index (χ1n) is 7.68. The van der Waals surface area contributed by atoms with Gasteiger partial charge in [-0.2, -0.15) is 0 Å². The summed E-state index contributed by atoms with van der Waals surface area (Å²) in [4.78, 5) is 9.71. The number of hydrogen-bond donors (Lipinski definition) is 0. The van der Waals surface area contributed by atoms with Crippen molar-refractivity contribution in [3.05, 3.63) is 35.2 Å². The molecule has 1 fully saturated rings. The summed E-state index contributed by atoms with van der Waals surface area (Å²) in [6.45, 7) is 11.3. The Morgan fingerprint density at radius 3 is 2.52 bits per heavy atom. The van der Waals surface area contributed by atoms with Gasteiger partial charge in [-0.05, 0) is 18.1 Å². The summed E-state index contributed by atoms with van der Waals surface area (Å²) < 4.78 is 2.01. The van der Waals surface area contributed by atoms with Crippen molar-refractivity contribution in [3.8, 4) is 0 Å². The molecule has 1 aliphatic rings. The molecule has 3 heterocycles. The van der Waals surface area contributed by atoms with Gasteiger partial charge in [-0.25, -0.2) is 4.98 Å². The van der Waals surface area contributed by atoms with E-state index in [4.69, 9.17) is 11.6 Å². The van der Waals surface area contributed by atoms with E-state index in [0.29, 0.717) is 0 Å². The third kappa shape index (κ3) is 3.76. The van der Waals surface area contributed by atoms with Crippen molar-refractivity contribution >= 4 is 17.2 Å². The topological polar surface area (TPSA) is 23.8 Å². The SMILES string of the molecule is CC(C)CN1CCN(Cc2cn3cc(Cl)ccc3n2)CC1. The predicted molar refractivity (Wildman–Crippen MR) is 86.8 cm³/mol. The normalized spacial score (nSPS) is 17.9. The minimum atomic E-state index is 0.744. The van der Waals surface area contributed by atoms with Crippen molar-refractivity contribution < 1.29 is 0 Å². The zero-order valence-corrected chi connectivity index (χ0v) is 13.6. The Balaban J connectivity index is 1.59. The molecule has 0 unspecified atom stereocenters. The van der Waals surface area contributed by atoms with Crippen LogP contribution >= 0.6 is 11.6 Å². The van der Waals surface area contributed by atoms with E-state index in [0.717, 1.165) is 55.0 Å². The third-order valence-corrected chi connectivity index (χ3v) is 4.16. The number of rotatable bonds is 4. The van der Waals surface area contributed by atoms with Gasteiger partial charge < -0.3 is 9.30 Å². The van der Waals surface area contributed by atoms with Crippen molar-refractivity contribution in [1.29, 1.82) is 0 Å². The van der Waals surface area contributed by atoms with E-state index in [1.54, 1.807) is 0 Å². The van der Waals surface area contributed by atoms with E-state index in [1.165, 1.54) is 6.54 Å². The third-order valence-electron chi connectivity index (χ3n) is 3.94. The molecule has 114 valence electrons. The van der Waals surface area contributed by atoms with Crippen LogP contribution in [0, 0.1) is 5.92 Å². The number of imidazole rings is 1. The number of nitrogens with zero attached hydrogens (tertiary/aromatic N) is 4. The van der Waals surface area contributed by atoms with Gasteiger partial charge in [0.2, 0.25) is 0 Å². The molecular formula is C16H23ClN4. The Morgan fingerprint density at radius 2 is 1.81 bits per heavy atom. The molecule has 0 saturated carbocycles. The van der Waals surface area contributed by atoms with Crippen LogP contribution in [0.3, 0.4) is 0 Å². The second-order valence-electron chi connectivity index (χ2n) is 6.32. The summed E-state index contributed by atoms with van der Waals surface area (Å²) >= 11 is 6.01. The summed E-state index contributed by atoms with van der Waals surface area (Å²) in [5.41, 5.74) is 2.09.